The topological polar surface area (TPSA) is 15.3 Å². The van der Waals surface area contributed by atoms with E-state index in [0.717, 1.165) is 11.8 Å². The SMILES string of the molecule is C.C1NCC2CC12.CN(C)C. The Morgan fingerprint density at radius 3 is 1.55 bits per heavy atom. The zero-order valence-electron chi connectivity index (χ0n) is 7.22. The summed E-state index contributed by atoms with van der Waals surface area (Å²) in [4.78, 5) is 2.00. The zero-order valence-corrected chi connectivity index (χ0v) is 7.22. The third-order valence-corrected chi connectivity index (χ3v) is 1.88. The van der Waals surface area contributed by atoms with E-state index in [4.69, 9.17) is 0 Å². The number of nitrogens with one attached hydrogen (secondary N) is 1. The van der Waals surface area contributed by atoms with E-state index in [1.54, 1.807) is 0 Å². The van der Waals surface area contributed by atoms with Gasteiger partial charge in [0, 0.05) is 0 Å². The third-order valence-electron chi connectivity index (χ3n) is 1.88. The lowest BCUT2D eigenvalue weighted by atomic mass is 10.4. The molecule has 0 aromatic heterocycles. The molecule has 2 atom stereocenters. The standard InChI is InChI=1S/C5H9N.C3H9N.CH4/c1-4-2-6-3-5(1)4;1-4(2)3;/h4-6H,1-3H2;1-3H3;1H4. The quantitative estimate of drug-likeness (QED) is 0.566. The molecule has 11 heavy (non-hydrogen) atoms. The third kappa shape index (κ3) is 4.38. The van der Waals surface area contributed by atoms with E-state index in [-0.39, 0.29) is 7.43 Å². The molecule has 2 unspecified atom stereocenters. The van der Waals surface area contributed by atoms with Gasteiger partial charge in [-0.1, -0.05) is 7.43 Å². The molecule has 0 bridgehead atoms. The van der Waals surface area contributed by atoms with Gasteiger partial charge in [-0.05, 0) is 52.5 Å². The van der Waals surface area contributed by atoms with Gasteiger partial charge in [-0.25, -0.2) is 0 Å². The van der Waals surface area contributed by atoms with Crippen LogP contribution >= 0.6 is 0 Å². The molecule has 2 rings (SSSR count). The highest BCUT2D eigenvalue weighted by Crippen LogP contribution is 2.40. The zero-order chi connectivity index (χ0) is 7.56. The summed E-state index contributed by atoms with van der Waals surface area (Å²) in [5, 5.41) is 3.32. The van der Waals surface area contributed by atoms with Gasteiger partial charge >= 0.3 is 0 Å². The Morgan fingerprint density at radius 1 is 1.09 bits per heavy atom. The molecule has 2 fully saturated rings. The van der Waals surface area contributed by atoms with Crippen LogP contribution in [0.25, 0.3) is 0 Å². The van der Waals surface area contributed by atoms with Crippen LogP contribution in [0.2, 0.25) is 0 Å². The molecule has 0 amide bonds. The van der Waals surface area contributed by atoms with Gasteiger partial charge in [-0.15, -0.1) is 0 Å². The van der Waals surface area contributed by atoms with Crippen molar-refractivity contribution >= 4 is 0 Å². The molecule has 1 aliphatic carbocycles. The van der Waals surface area contributed by atoms with Gasteiger partial charge in [0.05, 0.1) is 0 Å². The summed E-state index contributed by atoms with van der Waals surface area (Å²) in [5.74, 6) is 2.20. The van der Waals surface area contributed by atoms with E-state index in [9.17, 15) is 0 Å². The van der Waals surface area contributed by atoms with Crippen LogP contribution in [0.5, 0.6) is 0 Å². The van der Waals surface area contributed by atoms with Crippen molar-refractivity contribution in [2.45, 2.75) is 13.8 Å². The van der Waals surface area contributed by atoms with Crippen molar-refractivity contribution < 1.29 is 0 Å². The maximum Gasteiger partial charge on any atom is -0.00172 e. The van der Waals surface area contributed by atoms with E-state index in [0.29, 0.717) is 0 Å². The molecule has 68 valence electrons. The van der Waals surface area contributed by atoms with E-state index < -0.39 is 0 Å². The number of fused-ring (bicyclic) bond motifs is 1. The average molecular weight is 158 g/mol. The lowest BCUT2D eigenvalue weighted by Crippen LogP contribution is -2.10. The smallest absolute Gasteiger partial charge is 0.00172 e. The molecule has 1 N–H and O–H groups in total. The number of hydrogen-bond donors (Lipinski definition) is 1. The monoisotopic (exact) mass is 158 g/mol. The first kappa shape index (κ1) is 10.9. The van der Waals surface area contributed by atoms with Gasteiger partial charge in [0.25, 0.3) is 0 Å². The molecule has 0 radical (unpaired) electrons. The van der Waals surface area contributed by atoms with Crippen molar-refractivity contribution in [2.24, 2.45) is 11.8 Å². The minimum Gasteiger partial charge on any atom is -0.316 e. The van der Waals surface area contributed by atoms with E-state index in [2.05, 4.69) is 5.32 Å². The fraction of sp³-hybridized carbons (Fsp3) is 1.00. The van der Waals surface area contributed by atoms with Crippen LogP contribution in [0.3, 0.4) is 0 Å². The van der Waals surface area contributed by atoms with Gasteiger partial charge in [-0.3, -0.25) is 0 Å². The Kier molecular flexibility index (Phi) is 4.69. The summed E-state index contributed by atoms with van der Waals surface area (Å²) in [6, 6.07) is 0. The van der Waals surface area contributed by atoms with E-state index >= 15 is 0 Å². The molecule has 1 heterocycles. The second-order valence-electron chi connectivity index (χ2n) is 3.76. The van der Waals surface area contributed by atoms with Crippen LogP contribution in [0.4, 0.5) is 0 Å². The van der Waals surface area contributed by atoms with Gasteiger partial charge in [-0.2, -0.15) is 0 Å². The van der Waals surface area contributed by atoms with Gasteiger partial charge in [0.15, 0.2) is 0 Å². The average Bonchev–Trinajstić information content (AvgIpc) is 2.40. The molecular formula is C9H22N2. The second kappa shape index (κ2) is 4.73. The van der Waals surface area contributed by atoms with Gasteiger partial charge < -0.3 is 10.2 Å². The molecule has 2 heteroatoms. The summed E-state index contributed by atoms with van der Waals surface area (Å²) in [6.45, 7) is 2.62. The van der Waals surface area contributed by atoms with Crippen molar-refractivity contribution in [1.82, 2.24) is 10.2 Å². The lowest BCUT2D eigenvalue weighted by molar-refractivity contribution is 0.505. The molecule has 1 saturated heterocycles. The first-order valence-electron chi connectivity index (χ1n) is 4.02. The normalized spacial score (nSPS) is 31.6. The Morgan fingerprint density at radius 2 is 1.45 bits per heavy atom. The fourth-order valence-corrected chi connectivity index (χ4v) is 1.26. The highest BCUT2D eigenvalue weighted by Gasteiger charge is 2.40. The number of hydrogen-bond acceptors (Lipinski definition) is 2. The Labute approximate surface area is 71.0 Å². The molecule has 1 saturated carbocycles. The van der Waals surface area contributed by atoms with Gasteiger partial charge in [0.2, 0.25) is 0 Å². The van der Waals surface area contributed by atoms with Crippen LogP contribution in [0.15, 0.2) is 0 Å². The van der Waals surface area contributed by atoms with Gasteiger partial charge in [0.1, 0.15) is 0 Å². The maximum atomic E-state index is 3.32. The van der Waals surface area contributed by atoms with Crippen molar-refractivity contribution in [3.05, 3.63) is 0 Å². The summed E-state index contributed by atoms with van der Waals surface area (Å²) in [7, 11) is 6.00. The largest absolute Gasteiger partial charge is 0.316 e. The van der Waals surface area contributed by atoms with Crippen LogP contribution in [0, 0.1) is 11.8 Å². The van der Waals surface area contributed by atoms with Crippen LogP contribution in [-0.2, 0) is 0 Å². The molecule has 1 aliphatic heterocycles. The fourth-order valence-electron chi connectivity index (χ4n) is 1.26. The summed E-state index contributed by atoms with van der Waals surface area (Å²) >= 11 is 0. The Balaban J connectivity index is 0.000000183. The molecular weight excluding hydrogens is 136 g/mol. The van der Waals surface area contributed by atoms with Crippen molar-refractivity contribution in [3.8, 4) is 0 Å². The summed E-state index contributed by atoms with van der Waals surface area (Å²) in [5.41, 5.74) is 0. The molecule has 0 aromatic carbocycles. The number of rotatable bonds is 0. The van der Waals surface area contributed by atoms with Crippen molar-refractivity contribution in [1.29, 1.82) is 0 Å². The minimum absolute atomic E-state index is 0. The highest BCUT2D eigenvalue weighted by molar-refractivity contribution is 4.94. The molecule has 2 aliphatic rings. The number of piperidine rings is 1. The van der Waals surface area contributed by atoms with Crippen LogP contribution in [0.1, 0.15) is 13.8 Å². The Bertz CT molecular complexity index is 91.0. The highest BCUT2D eigenvalue weighted by atomic mass is 15.0. The summed E-state index contributed by atoms with van der Waals surface area (Å²) < 4.78 is 0. The van der Waals surface area contributed by atoms with Crippen LogP contribution < -0.4 is 5.32 Å². The molecule has 2 nitrogen and oxygen atoms in total. The lowest BCUT2D eigenvalue weighted by Gasteiger charge is -1.90. The number of nitrogens with zero attached hydrogens (tertiary/aromatic N) is 1. The molecule has 0 aromatic rings. The summed E-state index contributed by atoms with van der Waals surface area (Å²) in [6.07, 6.45) is 1.52. The first-order valence-corrected chi connectivity index (χ1v) is 4.02. The Hall–Kier alpha value is -0.0800. The van der Waals surface area contributed by atoms with E-state index in [1.165, 1.54) is 19.5 Å². The molecule has 0 spiro atoms. The first-order chi connectivity index (χ1) is 4.70. The van der Waals surface area contributed by atoms with Crippen LogP contribution in [-0.4, -0.2) is 39.1 Å². The second-order valence-corrected chi connectivity index (χ2v) is 3.76. The van der Waals surface area contributed by atoms with Crippen molar-refractivity contribution in [2.75, 3.05) is 34.2 Å². The van der Waals surface area contributed by atoms with E-state index in [1.807, 2.05) is 26.0 Å². The predicted molar refractivity (Wildman–Crippen MR) is 50.8 cm³/mol. The van der Waals surface area contributed by atoms with Crippen molar-refractivity contribution in [3.63, 3.8) is 0 Å². The maximum absolute atomic E-state index is 3.32. The minimum atomic E-state index is 0. The predicted octanol–water partition coefficient (Wildman–Crippen LogP) is 1.04.